The summed E-state index contributed by atoms with van der Waals surface area (Å²) >= 11 is 3.32. The van der Waals surface area contributed by atoms with Crippen molar-refractivity contribution in [2.45, 2.75) is 0 Å². The number of hydrogen-bond acceptors (Lipinski definition) is 6. The van der Waals surface area contributed by atoms with Gasteiger partial charge >= 0.3 is 0 Å². The molecule has 0 saturated heterocycles. The third-order valence-electron chi connectivity index (χ3n) is 2.04. The Morgan fingerprint density at radius 2 is 2.25 bits per heavy atom. The molecule has 0 bridgehead atoms. The number of rotatable bonds is 1. The number of nitrogens with one attached hydrogen (secondary N) is 1. The molecule has 3 aromatic rings. The third-order valence-corrected chi connectivity index (χ3v) is 2.48. The summed E-state index contributed by atoms with van der Waals surface area (Å²) < 4.78 is 5.37. The van der Waals surface area contributed by atoms with Gasteiger partial charge in [-0.05, 0) is 32.3 Å². The molecular formula is C8H5BrN6O. The Bertz CT molecular complexity index is 659. The van der Waals surface area contributed by atoms with Crippen molar-refractivity contribution in [1.82, 2.24) is 25.3 Å². The maximum atomic E-state index is 5.57. The number of pyridine rings is 1. The normalized spacial score (nSPS) is 11.1. The molecule has 0 fully saturated rings. The van der Waals surface area contributed by atoms with Crippen molar-refractivity contribution < 1.29 is 4.63 Å². The van der Waals surface area contributed by atoms with E-state index < -0.39 is 0 Å². The molecule has 8 heteroatoms. The van der Waals surface area contributed by atoms with E-state index in [2.05, 4.69) is 45.8 Å². The summed E-state index contributed by atoms with van der Waals surface area (Å²) in [6, 6.07) is 1.86. The van der Waals surface area contributed by atoms with Gasteiger partial charge in [-0.15, -0.1) is 0 Å². The fourth-order valence-corrected chi connectivity index (χ4v) is 1.68. The van der Waals surface area contributed by atoms with Crippen LogP contribution in [0.3, 0.4) is 0 Å². The van der Waals surface area contributed by atoms with Gasteiger partial charge in [-0.3, -0.25) is 0 Å². The Hall–Kier alpha value is -1.96. The summed E-state index contributed by atoms with van der Waals surface area (Å²) in [6.07, 6.45) is 1.66. The monoisotopic (exact) mass is 280 g/mol. The predicted octanol–water partition coefficient (Wildman–Crippen LogP) is 1.35. The predicted molar refractivity (Wildman–Crippen MR) is 59.3 cm³/mol. The van der Waals surface area contributed by atoms with Crippen LogP contribution in [-0.2, 0) is 0 Å². The molecule has 3 rings (SSSR count). The fourth-order valence-electron chi connectivity index (χ4n) is 1.35. The smallest absolute Gasteiger partial charge is 0.199 e. The van der Waals surface area contributed by atoms with Gasteiger partial charge in [0, 0.05) is 10.7 Å². The lowest BCUT2D eigenvalue weighted by atomic mass is 10.4. The molecule has 16 heavy (non-hydrogen) atoms. The summed E-state index contributed by atoms with van der Waals surface area (Å²) in [5.74, 6) is 0.678. The van der Waals surface area contributed by atoms with Crippen LogP contribution in [0.2, 0.25) is 0 Å². The van der Waals surface area contributed by atoms with Gasteiger partial charge in [0.05, 0.1) is 5.52 Å². The summed E-state index contributed by atoms with van der Waals surface area (Å²) in [5, 5.41) is 7.14. The van der Waals surface area contributed by atoms with E-state index in [1.54, 1.807) is 6.20 Å². The zero-order chi connectivity index (χ0) is 11.1. The van der Waals surface area contributed by atoms with Gasteiger partial charge in [0.15, 0.2) is 23.0 Å². The van der Waals surface area contributed by atoms with Gasteiger partial charge < -0.3 is 10.7 Å². The van der Waals surface area contributed by atoms with Crippen molar-refractivity contribution in [3.63, 3.8) is 0 Å². The van der Waals surface area contributed by atoms with Crippen molar-refractivity contribution >= 4 is 32.9 Å². The number of H-pyrrole nitrogens is 1. The Morgan fingerprint density at radius 1 is 1.38 bits per heavy atom. The largest absolute Gasteiger partial charge is 0.379 e. The van der Waals surface area contributed by atoms with Crippen molar-refractivity contribution in [3.05, 3.63) is 16.7 Å². The van der Waals surface area contributed by atoms with E-state index in [0.29, 0.717) is 17.2 Å². The van der Waals surface area contributed by atoms with Crippen LogP contribution in [0.5, 0.6) is 0 Å². The molecule has 3 aromatic heterocycles. The molecule has 3 heterocycles. The first-order chi connectivity index (χ1) is 7.74. The van der Waals surface area contributed by atoms with E-state index in [1.165, 1.54) is 0 Å². The van der Waals surface area contributed by atoms with Crippen LogP contribution in [0, 0.1) is 0 Å². The van der Waals surface area contributed by atoms with E-state index >= 15 is 0 Å². The zero-order valence-corrected chi connectivity index (χ0v) is 9.39. The van der Waals surface area contributed by atoms with Crippen LogP contribution in [0.15, 0.2) is 21.4 Å². The van der Waals surface area contributed by atoms with Crippen molar-refractivity contribution in [2.75, 3.05) is 5.73 Å². The molecule has 80 valence electrons. The minimum absolute atomic E-state index is 0.193. The number of hydrogen-bond donors (Lipinski definition) is 2. The van der Waals surface area contributed by atoms with Crippen LogP contribution in [0.4, 0.5) is 5.82 Å². The second-order valence-electron chi connectivity index (χ2n) is 3.11. The molecule has 3 N–H and O–H groups in total. The molecule has 0 spiro atoms. The second kappa shape index (κ2) is 3.27. The van der Waals surface area contributed by atoms with Gasteiger partial charge in [0.1, 0.15) is 0 Å². The second-order valence-corrected chi connectivity index (χ2v) is 4.02. The van der Waals surface area contributed by atoms with Crippen LogP contribution in [0.1, 0.15) is 0 Å². The molecule has 0 aliphatic rings. The molecule has 0 atom stereocenters. The highest BCUT2D eigenvalue weighted by atomic mass is 79.9. The SMILES string of the molecule is Nc1nonc1-c1nc2ncc(Br)cc2[nH]1. The first-order valence-corrected chi connectivity index (χ1v) is 5.13. The Balaban J connectivity index is 2.23. The molecular weight excluding hydrogens is 276 g/mol. The first kappa shape index (κ1) is 9.28. The number of imidazole rings is 1. The van der Waals surface area contributed by atoms with E-state index in [9.17, 15) is 0 Å². The maximum absolute atomic E-state index is 5.57. The van der Waals surface area contributed by atoms with Gasteiger partial charge in [-0.25, -0.2) is 14.6 Å². The summed E-state index contributed by atoms with van der Waals surface area (Å²) in [5.41, 5.74) is 7.32. The average molecular weight is 281 g/mol. The highest BCUT2D eigenvalue weighted by Crippen LogP contribution is 2.22. The van der Waals surface area contributed by atoms with Gasteiger partial charge in [-0.1, -0.05) is 0 Å². The van der Waals surface area contributed by atoms with Crippen LogP contribution < -0.4 is 5.73 Å². The molecule has 7 nitrogen and oxygen atoms in total. The molecule has 0 aromatic carbocycles. The molecule has 0 amide bonds. The third kappa shape index (κ3) is 1.34. The standard InChI is InChI=1S/C8H5BrN6O/c9-3-1-4-7(11-2-3)13-8(12-4)5-6(10)15-16-14-5/h1-2H,(H2,10,15)(H,11,12,13). The maximum Gasteiger partial charge on any atom is 0.199 e. The quantitative estimate of drug-likeness (QED) is 0.697. The number of nitrogen functional groups attached to an aromatic ring is 1. The van der Waals surface area contributed by atoms with E-state index in [4.69, 9.17) is 5.73 Å². The minimum atomic E-state index is 0.193. The molecule has 0 aliphatic carbocycles. The van der Waals surface area contributed by atoms with Crippen LogP contribution in [-0.4, -0.2) is 25.3 Å². The summed E-state index contributed by atoms with van der Waals surface area (Å²) in [6.45, 7) is 0. The van der Waals surface area contributed by atoms with Crippen LogP contribution in [0.25, 0.3) is 22.7 Å². The fraction of sp³-hybridized carbons (Fsp3) is 0. The lowest BCUT2D eigenvalue weighted by molar-refractivity contribution is 0.310. The Morgan fingerprint density at radius 3 is 3.00 bits per heavy atom. The van der Waals surface area contributed by atoms with Crippen molar-refractivity contribution in [1.29, 1.82) is 0 Å². The van der Waals surface area contributed by atoms with Gasteiger partial charge in [-0.2, -0.15) is 0 Å². The minimum Gasteiger partial charge on any atom is -0.379 e. The number of anilines is 1. The average Bonchev–Trinajstić information content (AvgIpc) is 2.82. The summed E-state index contributed by atoms with van der Waals surface area (Å²) in [7, 11) is 0. The highest BCUT2D eigenvalue weighted by molar-refractivity contribution is 9.10. The van der Waals surface area contributed by atoms with Crippen molar-refractivity contribution in [3.8, 4) is 11.5 Å². The topological polar surface area (TPSA) is 107 Å². The molecule has 0 unspecified atom stereocenters. The van der Waals surface area contributed by atoms with Gasteiger partial charge in [0.25, 0.3) is 0 Å². The first-order valence-electron chi connectivity index (χ1n) is 4.34. The number of fused-ring (bicyclic) bond motifs is 1. The zero-order valence-electron chi connectivity index (χ0n) is 7.81. The number of aromatic nitrogens is 5. The lowest BCUT2D eigenvalue weighted by Gasteiger charge is -1.87. The van der Waals surface area contributed by atoms with Gasteiger partial charge in [0.2, 0.25) is 0 Å². The summed E-state index contributed by atoms with van der Waals surface area (Å²) in [4.78, 5) is 11.4. The molecule has 0 aliphatic heterocycles. The number of nitrogens with zero attached hydrogens (tertiary/aromatic N) is 4. The lowest BCUT2D eigenvalue weighted by Crippen LogP contribution is -1.89. The van der Waals surface area contributed by atoms with Crippen molar-refractivity contribution in [2.24, 2.45) is 0 Å². The number of halogens is 1. The Kier molecular flexibility index (Phi) is 1.90. The molecule has 0 saturated carbocycles. The Labute approximate surface area is 97.2 Å². The van der Waals surface area contributed by atoms with E-state index in [0.717, 1.165) is 9.99 Å². The number of nitrogens with two attached hydrogens (primary N) is 1. The van der Waals surface area contributed by atoms with E-state index in [1.807, 2.05) is 6.07 Å². The number of aromatic amines is 1. The molecule has 0 radical (unpaired) electrons. The highest BCUT2D eigenvalue weighted by Gasteiger charge is 2.14. The van der Waals surface area contributed by atoms with E-state index in [-0.39, 0.29) is 5.82 Å². The van der Waals surface area contributed by atoms with Crippen LogP contribution >= 0.6 is 15.9 Å².